The molecule has 1 N–H and O–H groups in total. The van der Waals surface area contributed by atoms with Crippen molar-refractivity contribution in [3.63, 3.8) is 0 Å². The minimum atomic E-state index is -0.0116. The number of nitrogens with zero attached hydrogens (tertiary/aromatic N) is 2. The highest BCUT2D eigenvalue weighted by Crippen LogP contribution is 2.22. The number of hydrogen-bond donors (Lipinski definition) is 1. The molecular formula is C16H26N2O2. The highest BCUT2D eigenvalue weighted by Gasteiger charge is 2.24. The summed E-state index contributed by atoms with van der Waals surface area (Å²) in [7, 11) is 1.69. The van der Waals surface area contributed by atoms with Crippen molar-refractivity contribution in [3.05, 3.63) is 24.3 Å². The first-order valence-corrected chi connectivity index (χ1v) is 7.26. The standard InChI is InChI=1S/C16H26N2O2/c1-16(2,13-19)12-17-8-10-18(11-9-17)14-4-6-15(20-3)7-5-14/h4-7,19H,8-13H2,1-3H3. The monoisotopic (exact) mass is 278 g/mol. The summed E-state index contributed by atoms with van der Waals surface area (Å²) >= 11 is 0. The minimum Gasteiger partial charge on any atom is -0.497 e. The van der Waals surface area contributed by atoms with Gasteiger partial charge in [0.2, 0.25) is 0 Å². The summed E-state index contributed by atoms with van der Waals surface area (Å²) in [6.07, 6.45) is 0. The first kappa shape index (κ1) is 15.1. The Labute approximate surface area is 122 Å². The smallest absolute Gasteiger partial charge is 0.119 e. The second-order valence-corrected chi connectivity index (χ2v) is 6.28. The van der Waals surface area contributed by atoms with E-state index < -0.39 is 0 Å². The fourth-order valence-corrected chi connectivity index (χ4v) is 2.61. The van der Waals surface area contributed by atoms with Gasteiger partial charge in [0, 0.05) is 50.4 Å². The van der Waals surface area contributed by atoms with Crippen LogP contribution in [0.1, 0.15) is 13.8 Å². The van der Waals surface area contributed by atoms with Gasteiger partial charge in [-0.1, -0.05) is 13.8 Å². The van der Waals surface area contributed by atoms with Gasteiger partial charge in [-0.05, 0) is 24.3 Å². The molecule has 1 saturated heterocycles. The summed E-state index contributed by atoms with van der Waals surface area (Å²) in [5.41, 5.74) is 1.24. The maximum Gasteiger partial charge on any atom is 0.119 e. The van der Waals surface area contributed by atoms with Crippen molar-refractivity contribution in [2.24, 2.45) is 5.41 Å². The van der Waals surface area contributed by atoms with Crippen molar-refractivity contribution >= 4 is 5.69 Å². The van der Waals surface area contributed by atoms with E-state index in [2.05, 4.69) is 35.8 Å². The number of benzene rings is 1. The zero-order chi connectivity index (χ0) is 14.6. The van der Waals surface area contributed by atoms with E-state index in [0.29, 0.717) is 0 Å². The van der Waals surface area contributed by atoms with E-state index in [0.717, 1.165) is 38.5 Å². The number of methoxy groups -OCH3 is 1. The van der Waals surface area contributed by atoms with Crippen LogP contribution in [-0.2, 0) is 0 Å². The van der Waals surface area contributed by atoms with Crippen LogP contribution < -0.4 is 9.64 Å². The van der Waals surface area contributed by atoms with Crippen LogP contribution >= 0.6 is 0 Å². The van der Waals surface area contributed by atoms with E-state index in [-0.39, 0.29) is 12.0 Å². The lowest BCUT2D eigenvalue weighted by Gasteiger charge is -2.39. The molecule has 1 heterocycles. The van der Waals surface area contributed by atoms with Crippen molar-refractivity contribution in [1.82, 2.24) is 4.90 Å². The van der Waals surface area contributed by atoms with Crippen LogP contribution in [0.2, 0.25) is 0 Å². The molecule has 1 aliphatic rings. The first-order valence-electron chi connectivity index (χ1n) is 7.26. The van der Waals surface area contributed by atoms with Gasteiger partial charge >= 0.3 is 0 Å². The molecular weight excluding hydrogens is 252 g/mol. The molecule has 4 heteroatoms. The van der Waals surface area contributed by atoms with Gasteiger partial charge in [0.25, 0.3) is 0 Å². The molecule has 0 aromatic heterocycles. The Kier molecular flexibility index (Phi) is 4.89. The molecule has 0 aliphatic carbocycles. The Hall–Kier alpha value is -1.26. The second-order valence-electron chi connectivity index (χ2n) is 6.28. The lowest BCUT2D eigenvalue weighted by molar-refractivity contribution is 0.0996. The Bertz CT molecular complexity index is 409. The molecule has 0 amide bonds. The Morgan fingerprint density at radius 3 is 2.20 bits per heavy atom. The Balaban J connectivity index is 1.87. The van der Waals surface area contributed by atoms with E-state index in [1.807, 2.05) is 12.1 Å². The van der Waals surface area contributed by atoms with E-state index in [1.54, 1.807) is 7.11 Å². The van der Waals surface area contributed by atoms with Gasteiger partial charge in [0.05, 0.1) is 7.11 Å². The highest BCUT2D eigenvalue weighted by molar-refractivity contribution is 5.49. The SMILES string of the molecule is COc1ccc(N2CCN(CC(C)(C)CO)CC2)cc1. The summed E-state index contributed by atoms with van der Waals surface area (Å²) in [4.78, 5) is 4.85. The van der Waals surface area contributed by atoms with Gasteiger partial charge in [-0.3, -0.25) is 4.90 Å². The number of rotatable bonds is 5. The lowest BCUT2D eigenvalue weighted by Crippen LogP contribution is -2.49. The minimum absolute atomic E-state index is 0.0116. The predicted octanol–water partition coefficient (Wildman–Crippen LogP) is 1.84. The Morgan fingerprint density at radius 1 is 1.10 bits per heavy atom. The highest BCUT2D eigenvalue weighted by atomic mass is 16.5. The van der Waals surface area contributed by atoms with Gasteiger partial charge in [-0.25, -0.2) is 0 Å². The van der Waals surface area contributed by atoms with Crippen molar-refractivity contribution < 1.29 is 9.84 Å². The molecule has 0 atom stereocenters. The maximum atomic E-state index is 9.36. The number of anilines is 1. The van der Waals surface area contributed by atoms with E-state index in [9.17, 15) is 5.11 Å². The van der Waals surface area contributed by atoms with Crippen molar-refractivity contribution in [3.8, 4) is 5.75 Å². The van der Waals surface area contributed by atoms with Crippen molar-refractivity contribution in [2.45, 2.75) is 13.8 Å². The molecule has 0 unspecified atom stereocenters. The average molecular weight is 278 g/mol. The van der Waals surface area contributed by atoms with E-state index in [1.165, 1.54) is 5.69 Å². The predicted molar refractivity (Wildman–Crippen MR) is 82.5 cm³/mol. The molecule has 0 saturated carbocycles. The van der Waals surface area contributed by atoms with Gasteiger partial charge in [0.1, 0.15) is 5.75 Å². The molecule has 2 rings (SSSR count). The van der Waals surface area contributed by atoms with Gasteiger partial charge in [-0.15, -0.1) is 0 Å². The van der Waals surface area contributed by atoms with Crippen LogP contribution in [0.15, 0.2) is 24.3 Å². The van der Waals surface area contributed by atoms with E-state index >= 15 is 0 Å². The van der Waals surface area contributed by atoms with Crippen LogP contribution in [0.5, 0.6) is 5.75 Å². The fourth-order valence-electron chi connectivity index (χ4n) is 2.61. The second kappa shape index (κ2) is 6.46. The zero-order valence-corrected chi connectivity index (χ0v) is 12.8. The van der Waals surface area contributed by atoms with E-state index in [4.69, 9.17) is 4.74 Å². The number of aliphatic hydroxyl groups excluding tert-OH is 1. The van der Waals surface area contributed by atoms with Crippen molar-refractivity contribution in [1.29, 1.82) is 0 Å². The molecule has 0 bridgehead atoms. The van der Waals surface area contributed by atoms with Crippen LogP contribution in [0.4, 0.5) is 5.69 Å². The number of piperazine rings is 1. The summed E-state index contributed by atoms with van der Waals surface area (Å²) < 4.78 is 5.19. The topological polar surface area (TPSA) is 35.9 Å². The molecule has 4 nitrogen and oxygen atoms in total. The third-order valence-electron chi connectivity index (χ3n) is 3.89. The van der Waals surface area contributed by atoms with Crippen LogP contribution in [0.25, 0.3) is 0 Å². The molecule has 1 aliphatic heterocycles. The van der Waals surface area contributed by atoms with Gasteiger partial charge < -0.3 is 14.7 Å². The van der Waals surface area contributed by atoms with Gasteiger partial charge in [-0.2, -0.15) is 0 Å². The molecule has 0 spiro atoms. The maximum absolute atomic E-state index is 9.36. The molecule has 1 aromatic carbocycles. The molecule has 20 heavy (non-hydrogen) atoms. The third-order valence-corrected chi connectivity index (χ3v) is 3.89. The lowest BCUT2D eigenvalue weighted by atomic mass is 9.94. The summed E-state index contributed by atoms with van der Waals surface area (Å²) in [6, 6.07) is 8.26. The fraction of sp³-hybridized carbons (Fsp3) is 0.625. The Morgan fingerprint density at radius 2 is 1.70 bits per heavy atom. The van der Waals surface area contributed by atoms with Crippen molar-refractivity contribution in [2.75, 3.05) is 51.3 Å². The molecule has 112 valence electrons. The van der Waals surface area contributed by atoms with Gasteiger partial charge in [0.15, 0.2) is 0 Å². The molecule has 1 fully saturated rings. The molecule has 1 aromatic rings. The largest absolute Gasteiger partial charge is 0.497 e. The first-order chi connectivity index (χ1) is 9.54. The number of ether oxygens (including phenoxy) is 1. The summed E-state index contributed by atoms with van der Waals surface area (Å²) in [5, 5.41) is 9.36. The van der Waals surface area contributed by atoms with Crippen LogP contribution in [0, 0.1) is 5.41 Å². The summed E-state index contributed by atoms with van der Waals surface area (Å²) in [5.74, 6) is 0.900. The summed E-state index contributed by atoms with van der Waals surface area (Å²) in [6.45, 7) is 9.60. The third kappa shape index (κ3) is 3.87. The number of aliphatic hydroxyl groups is 1. The average Bonchev–Trinajstić information content (AvgIpc) is 2.48. The quantitative estimate of drug-likeness (QED) is 0.891. The van der Waals surface area contributed by atoms with Crippen LogP contribution in [0.3, 0.4) is 0 Å². The van der Waals surface area contributed by atoms with Crippen LogP contribution in [-0.4, -0.2) is 56.4 Å². The normalized spacial score (nSPS) is 17.3. The zero-order valence-electron chi connectivity index (χ0n) is 12.8. The molecule has 0 radical (unpaired) electrons. The number of hydrogen-bond acceptors (Lipinski definition) is 4.